The van der Waals surface area contributed by atoms with Crippen LogP contribution in [0.15, 0.2) is 30.3 Å². The summed E-state index contributed by atoms with van der Waals surface area (Å²) in [4.78, 5) is 0. The van der Waals surface area contributed by atoms with Gasteiger partial charge < -0.3 is 18.9 Å². The Balaban J connectivity index is 2.55. The first-order valence-electron chi connectivity index (χ1n) is 7.44. The fourth-order valence-corrected chi connectivity index (χ4v) is 3.68. The minimum absolute atomic E-state index is 0.616. The van der Waals surface area contributed by atoms with Crippen molar-refractivity contribution >= 4 is 17.7 Å². The largest absolute Gasteiger partial charge is 0.348 e. The van der Waals surface area contributed by atoms with Crippen LogP contribution >= 0.6 is 11.6 Å². The van der Waals surface area contributed by atoms with Gasteiger partial charge in [0.05, 0.1) is 18.1 Å². The van der Waals surface area contributed by atoms with Gasteiger partial charge in [-0.15, -0.1) is 0 Å². The van der Waals surface area contributed by atoms with E-state index < -0.39 is 22.9 Å². The number of methoxy groups -OCH3 is 4. The third-order valence-corrected chi connectivity index (χ3v) is 4.99. The molecule has 1 fully saturated rings. The van der Waals surface area contributed by atoms with Gasteiger partial charge in [0, 0.05) is 33.5 Å². The molecule has 2 rings (SSSR count). The van der Waals surface area contributed by atoms with Crippen LogP contribution in [0.4, 0.5) is 0 Å². The van der Waals surface area contributed by atoms with Crippen molar-refractivity contribution in [2.75, 3.05) is 28.4 Å². The lowest BCUT2D eigenvalue weighted by Gasteiger charge is -2.64. The van der Waals surface area contributed by atoms with E-state index in [1.54, 1.807) is 24.3 Å². The Morgan fingerprint density at radius 3 is 1.88 bits per heavy atom. The van der Waals surface area contributed by atoms with Crippen LogP contribution in [-0.2, 0) is 18.9 Å². The highest BCUT2D eigenvalue weighted by molar-refractivity contribution is 6.30. The molecule has 0 amide bonds. The van der Waals surface area contributed by atoms with E-state index in [2.05, 4.69) is 0 Å². The van der Waals surface area contributed by atoms with Gasteiger partial charge in [-0.1, -0.05) is 35.9 Å². The highest BCUT2D eigenvalue weighted by Crippen LogP contribution is 2.65. The van der Waals surface area contributed by atoms with Crippen LogP contribution in [0.25, 0.3) is 6.08 Å². The summed E-state index contributed by atoms with van der Waals surface area (Å²) >= 11 is 5.88. The molecule has 0 aromatic heterocycles. The van der Waals surface area contributed by atoms with Crippen LogP contribution in [0.3, 0.4) is 0 Å². The summed E-state index contributed by atoms with van der Waals surface area (Å²) in [5.41, 5.74) is -0.798. The van der Waals surface area contributed by atoms with Gasteiger partial charge in [0.1, 0.15) is 0 Å². The zero-order valence-corrected chi connectivity index (χ0v) is 15.2. The predicted octanol–water partition coefficient (Wildman–Crippen LogP) is 2.99. The highest BCUT2D eigenvalue weighted by Gasteiger charge is 2.85. The summed E-state index contributed by atoms with van der Waals surface area (Å²) in [7, 11) is 5.52. The van der Waals surface area contributed by atoms with Gasteiger partial charge >= 0.3 is 0 Å². The van der Waals surface area contributed by atoms with Crippen molar-refractivity contribution in [2.45, 2.75) is 11.6 Å². The summed E-state index contributed by atoms with van der Waals surface area (Å²) < 4.78 is 22.0. The van der Waals surface area contributed by atoms with E-state index in [1.807, 2.05) is 24.3 Å². The van der Waals surface area contributed by atoms with Crippen LogP contribution in [0.1, 0.15) is 5.56 Å². The van der Waals surface area contributed by atoms with Crippen molar-refractivity contribution in [1.82, 2.24) is 0 Å². The number of rotatable bonds is 6. The number of hydrogen-bond donors (Lipinski definition) is 0. The van der Waals surface area contributed by atoms with Gasteiger partial charge in [-0.25, -0.2) is 0 Å². The number of hydrogen-bond acceptors (Lipinski definition) is 6. The Bertz CT molecular complexity index is 711. The van der Waals surface area contributed by atoms with Crippen molar-refractivity contribution in [3.05, 3.63) is 40.9 Å². The average Bonchev–Trinajstić information content (AvgIpc) is 2.64. The quantitative estimate of drug-likeness (QED) is 0.723. The van der Waals surface area contributed by atoms with Crippen molar-refractivity contribution < 1.29 is 18.9 Å². The molecule has 0 aliphatic heterocycles. The van der Waals surface area contributed by atoms with Crippen molar-refractivity contribution in [3.8, 4) is 12.1 Å². The topological polar surface area (TPSA) is 84.5 Å². The fraction of sp³-hybridized carbons (Fsp3) is 0.444. The van der Waals surface area contributed by atoms with Gasteiger partial charge in [-0.3, -0.25) is 0 Å². The zero-order chi connectivity index (χ0) is 18.7. The van der Waals surface area contributed by atoms with E-state index in [0.717, 1.165) is 5.56 Å². The molecule has 132 valence electrons. The lowest BCUT2D eigenvalue weighted by Crippen LogP contribution is -2.83. The Morgan fingerprint density at radius 1 is 0.960 bits per heavy atom. The van der Waals surface area contributed by atoms with Crippen molar-refractivity contribution in [2.24, 2.45) is 11.3 Å². The molecule has 7 heteroatoms. The van der Waals surface area contributed by atoms with Crippen LogP contribution in [0, 0.1) is 34.0 Å². The Labute approximate surface area is 152 Å². The van der Waals surface area contributed by atoms with Gasteiger partial charge in [0.2, 0.25) is 11.2 Å². The standard InChI is InChI=1S/C18H19ClN2O4/c1-22-17(23-2)15(10-7-13-5-8-14(19)9-6-13)16(11-20,12-21)18(17,24-3)25-4/h5-10,15H,1-4H3/b10-7+/t15-/m1/s1. The van der Waals surface area contributed by atoms with Crippen molar-refractivity contribution in [3.63, 3.8) is 0 Å². The first-order valence-corrected chi connectivity index (χ1v) is 7.82. The van der Waals surface area contributed by atoms with Gasteiger partial charge in [-0.2, -0.15) is 10.5 Å². The molecule has 0 unspecified atom stereocenters. The SMILES string of the molecule is COC1(OC)[C@H](/C=C/c2ccc(Cl)cc2)C(C#N)(C#N)C1(OC)OC. The van der Waals surface area contributed by atoms with Crippen LogP contribution < -0.4 is 0 Å². The third kappa shape index (κ3) is 2.38. The first-order chi connectivity index (χ1) is 12.0. The maximum Gasteiger partial charge on any atom is 0.257 e. The monoisotopic (exact) mass is 362 g/mol. The molecule has 1 aliphatic carbocycles. The molecular formula is C18H19ClN2O4. The summed E-state index contributed by atoms with van der Waals surface area (Å²) in [5, 5.41) is 20.1. The molecule has 6 nitrogen and oxygen atoms in total. The van der Waals surface area contributed by atoms with E-state index in [0.29, 0.717) is 5.02 Å². The number of nitrogens with zero attached hydrogens (tertiary/aromatic N) is 2. The van der Waals surface area contributed by atoms with E-state index in [-0.39, 0.29) is 0 Å². The molecule has 0 bridgehead atoms. The number of nitriles is 2. The number of halogens is 1. The first kappa shape index (κ1) is 19.4. The second kappa shape index (κ2) is 7.13. The van der Waals surface area contributed by atoms with E-state index in [4.69, 9.17) is 30.5 Å². The third-order valence-electron chi connectivity index (χ3n) is 4.74. The Kier molecular flexibility index (Phi) is 5.53. The molecule has 0 N–H and O–H groups in total. The number of benzene rings is 1. The molecule has 1 atom stereocenters. The second-order valence-corrected chi connectivity index (χ2v) is 5.96. The summed E-state index contributed by atoms with van der Waals surface area (Å²) in [6, 6.07) is 11.2. The normalized spacial score (nSPS) is 22.8. The van der Waals surface area contributed by atoms with E-state index in [9.17, 15) is 10.5 Å². The number of ether oxygens (including phenoxy) is 4. The molecule has 0 saturated heterocycles. The maximum absolute atomic E-state index is 9.77. The van der Waals surface area contributed by atoms with Gasteiger partial charge in [0.15, 0.2) is 0 Å². The minimum Gasteiger partial charge on any atom is -0.348 e. The van der Waals surface area contributed by atoms with Gasteiger partial charge in [0.25, 0.3) is 5.79 Å². The van der Waals surface area contributed by atoms with Gasteiger partial charge in [-0.05, 0) is 17.7 Å². The lowest BCUT2D eigenvalue weighted by molar-refractivity contribution is -0.489. The second-order valence-electron chi connectivity index (χ2n) is 5.52. The predicted molar refractivity (Wildman–Crippen MR) is 91.1 cm³/mol. The maximum atomic E-state index is 9.77. The Hall–Kier alpha value is -1.93. The molecule has 1 saturated carbocycles. The molecule has 1 aromatic carbocycles. The highest BCUT2D eigenvalue weighted by atomic mass is 35.5. The molecule has 25 heavy (non-hydrogen) atoms. The molecule has 1 aliphatic rings. The molecular weight excluding hydrogens is 344 g/mol. The zero-order valence-electron chi connectivity index (χ0n) is 14.4. The minimum atomic E-state index is -1.69. The molecule has 0 heterocycles. The fourth-order valence-electron chi connectivity index (χ4n) is 3.55. The van der Waals surface area contributed by atoms with Crippen LogP contribution in [-0.4, -0.2) is 40.0 Å². The van der Waals surface area contributed by atoms with Crippen molar-refractivity contribution in [1.29, 1.82) is 10.5 Å². The van der Waals surface area contributed by atoms with E-state index in [1.165, 1.54) is 28.4 Å². The lowest BCUT2D eigenvalue weighted by atomic mass is 9.51. The molecule has 0 radical (unpaired) electrons. The smallest absolute Gasteiger partial charge is 0.257 e. The Morgan fingerprint density at radius 2 is 1.48 bits per heavy atom. The summed E-state index contributed by atoms with van der Waals surface area (Å²) in [5.74, 6) is -3.90. The molecule has 0 spiro atoms. The summed E-state index contributed by atoms with van der Waals surface area (Å²) in [6.45, 7) is 0. The van der Waals surface area contributed by atoms with E-state index >= 15 is 0 Å². The molecule has 1 aromatic rings. The van der Waals surface area contributed by atoms with Crippen LogP contribution in [0.2, 0.25) is 5.02 Å². The van der Waals surface area contributed by atoms with Crippen LogP contribution in [0.5, 0.6) is 0 Å². The summed E-state index contributed by atoms with van der Waals surface area (Å²) in [6.07, 6.45) is 3.46. The average molecular weight is 363 g/mol.